The highest BCUT2D eigenvalue weighted by molar-refractivity contribution is 6.39. The zero-order valence-electron chi connectivity index (χ0n) is 18.8. The van der Waals surface area contributed by atoms with Crippen LogP contribution in [-0.2, 0) is 9.59 Å². The van der Waals surface area contributed by atoms with Gasteiger partial charge >= 0.3 is 0 Å². The van der Waals surface area contributed by atoms with Gasteiger partial charge < -0.3 is 15.1 Å². The van der Waals surface area contributed by atoms with E-state index in [-0.39, 0.29) is 24.3 Å². The van der Waals surface area contributed by atoms with E-state index in [9.17, 15) is 14.4 Å². The van der Waals surface area contributed by atoms with E-state index in [1.165, 1.54) is 4.90 Å². The van der Waals surface area contributed by atoms with Crippen LogP contribution < -0.4 is 5.32 Å². The third kappa shape index (κ3) is 5.18. The van der Waals surface area contributed by atoms with Gasteiger partial charge in [-0.05, 0) is 41.8 Å². The second kappa shape index (κ2) is 10.5. The maximum absolute atomic E-state index is 13.3. The summed E-state index contributed by atoms with van der Waals surface area (Å²) in [5, 5.41) is 5.22. The first-order valence-corrected chi connectivity index (χ1v) is 11.9. The first-order valence-electron chi connectivity index (χ1n) is 11.1. The van der Waals surface area contributed by atoms with E-state index in [0.29, 0.717) is 40.8 Å². The van der Waals surface area contributed by atoms with Gasteiger partial charge in [-0.15, -0.1) is 0 Å². The summed E-state index contributed by atoms with van der Waals surface area (Å²) in [7, 11) is 1.58. The predicted octanol–water partition coefficient (Wildman–Crippen LogP) is 5.10. The van der Waals surface area contributed by atoms with Crippen molar-refractivity contribution in [3.8, 4) is 0 Å². The summed E-state index contributed by atoms with van der Waals surface area (Å²) in [4.78, 5) is 42.0. The molecule has 176 valence electrons. The summed E-state index contributed by atoms with van der Waals surface area (Å²) in [6.45, 7) is 0.776. The molecule has 1 saturated heterocycles. The van der Waals surface area contributed by atoms with E-state index in [1.807, 2.05) is 42.5 Å². The van der Waals surface area contributed by atoms with Gasteiger partial charge in [0.15, 0.2) is 0 Å². The second-order valence-corrected chi connectivity index (χ2v) is 9.27. The molecule has 0 bridgehead atoms. The quantitative estimate of drug-likeness (QED) is 0.533. The Bertz CT molecular complexity index is 1220. The lowest BCUT2D eigenvalue weighted by atomic mass is 9.95. The molecule has 0 saturated carbocycles. The van der Waals surface area contributed by atoms with Crippen LogP contribution in [0.5, 0.6) is 0 Å². The highest BCUT2D eigenvalue weighted by Gasteiger charge is 2.31. The summed E-state index contributed by atoms with van der Waals surface area (Å²) in [5.41, 5.74) is 0.955. The number of halogens is 2. The lowest BCUT2D eigenvalue weighted by Crippen LogP contribution is -2.47. The lowest BCUT2D eigenvalue weighted by Gasteiger charge is -2.34. The minimum atomic E-state index is -0.398. The summed E-state index contributed by atoms with van der Waals surface area (Å²) < 4.78 is 0. The molecular weight excluding hydrogens is 473 g/mol. The highest BCUT2D eigenvalue weighted by atomic mass is 35.5. The van der Waals surface area contributed by atoms with Gasteiger partial charge in [0, 0.05) is 25.7 Å². The van der Waals surface area contributed by atoms with Crippen molar-refractivity contribution in [2.75, 3.05) is 32.0 Å². The topological polar surface area (TPSA) is 69.7 Å². The minimum absolute atomic E-state index is 0.0805. The normalized spacial score (nSPS) is 15.7. The average molecular weight is 498 g/mol. The van der Waals surface area contributed by atoms with Crippen LogP contribution in [0.25, 0.3) is 10.8 Å². The van der Waals surface area contributed by atoms with Crippen LogP contribution in [0.3, 0.4) is 0 Å². The van der Waals surface area contributed by atoms with Crippen molar-refractivity contribution in [1.29, 1.82) is 0 Å². The van der Waals surface area contributed by atoms with Gasteiger partial charge in [0.05, 0.1) is 28.2 Å². The van der Waals surface area contributed by atoms with Crippen LogP contribution >= 0.6 is 23.2 Å². The number of para-hydroxylation sites is 1. The Hall–Kier alpha value is -3.09. The van der Waals surface area contributed by atoms with E-state index in [1.54, 1.807) is 30.1 Å². The number of benzene rings is 3. The van der Waals surface area contributed by atoms with Crippen LogP contribution in [0.4, 0.5) is 5.69 Å². The molecule has 3 aromatic carbocycles. The van der Waals surface area contributed by atoms with Gasteiger partial charge in [-0.1, -0.05) is 65.7 Å². The molecule has 0 radical (unpaired) electrons. The number of nitrogens with zero attached hydrogens (tertiary/aromatic N) is 2. The maximum atomic E-state index is 13.3. The number of likely N-dealkylation sites (tertiary alicyclic amines) is 1. The zero-order chi connectivity index (χ0) is 24.2. The Balaban J connectivity index is 1.40. The Morgan fingerprint density at radius 2 is 1.68 bits per heavy atom. The summed E-state index contributed by atoms with van der Waals surface area (Å²) in [6.07, 6.45) is 1.39. The number of fused-ring (bicyclic) bond motifs is 1. The molecule has 1 fully saturated rings. The van der Waals surface area contributed by atoms with E-state index in [4.69, 9.17) is 23.2 Å². The predicted molar refractivity (Wildman–Crippen MR) is 135 cm³/mol. The Morgan fingerprint density at radius 3 is 2.44 bits per heavy atom. The molecule has 1 heterocycles. The van der Waals surface area contributed by atoms with Gasteiger partial charge in [0.2, 0.25) is 11.8 Å². The first-order chi connectivity index (χ1) is 16.3. The number of carbonyl (C=O) groups excluding carboxylic acids is 3. The smallest absolute Gasteiger partial charge is 0.254 e. The number of carbonyl (C=O) groups is 3. The molecule has 1 unspecified atom stereocenters. The fourth-order valence-corrected chi connectivity index (χ4v) is 4.84. The van der Waals surface area contributed by atoms with E-state index >= 15 is 0 Å². The van der Waals surface area contributed by atoms with E-state index in [2.05, 4.69) is 5.32 Å². The molecule has 0 aliphatic carbocycles. The standard InChI is InChI=1S/C26H25Cl2N3O3/c1-30(16-23(32)29-24-21(27)12-5-13-22(24)28)25(33)18-9-6-14-31(15-18)26(34)20-11-4-8-17-7-2-3-10-19(17)20/h2-5,7-8,10-13,18H,6,9,14-16H2,1H3,(H,29,32). The van der Waals surface area contributed by atoms with E-state index in [0.717, 1.165) is 17.2 Å². The van der Waals surface area contributed by atoms with Gasteiger partial charge in [-0.3, -0.25) is 14.4 Å². The van der Waals surface area contributed by atoms with Crippen molar-refractivity contribution in [2.45, 2.75) is 12.8 Å². The molecule has 1 N–H and O–H groups in total. The van der Waals surface area contributed by atoms with Crippen LogP contribution in [-0.4, -0.2) is 54.2 Å². The molecule has 3 aromatic rings. The summed E-state index contributed by atoms with van der Waals surface area (Å²) in [5.74, 6) is -1.02. The highest BCUT2D eigenvalue weighted by Crippen LogP contribution is 2.30. The molecule has 4 rings (SSSR count). The fraction of sp³-hybridized carbons (Fsp3) is 0.269. The zero-order valence-corrected chi connectivity index (χ0v) is 20.3. The number of likely N-dealkylation sites (N-methyl/N-ethyl adjacent to an activating group) is 1. The van der Waals surface area contributed by atoms with Crippen LogP contribution in [0, 0.1) is 5.92 Å². The van der Waals surface area contributed by atoms with Crippen molar-refractivity contribution < 1.29 is 14.4 Å². The second-order valence-electron chi connectivity index (χ2n) is 8.46. The number of piperidine rings is 1. The van der Waals surface area contributed by atoms with Crippen LogP contribution in [0.1, 0.15) is 23.2 Å². The molecule has 0 spiro atoms. The number of hydrogen-bond donors (Lipinski definition) is 1. The van der Waals surface area contributed by atoms with Crippen molar-refractivity contribution in [3.05, 3.63) is 76.3 Å². The Morgan fingerprint density at radius 1 is 1.00 bits per heavy atom. The minimum Gasteiger partial charge on any atom is -0.338 e. The third-order valence-corrected chi connectivity index (χ3v) is 6.69. The van der Waals surface area contributed by atoms with Crippen LogP contribution in [0.15, 0.2) is 60.7 Å². The lowest BCUT2D eigenvalue weighted by molar-refractivity contribution is -0.138. The fourth-order valence-electron chi connectivity index (χ4n) is 4.35. The molecule has 1 atom stereocenters. The number of rotatable bonds is 5. The van der Waals surface area contributed by atoms with Crippen molar-refractivity contribution >= 4 is 57.4 Å². The molecule has 1 aliphatic rings. The molecule has 3 amide bonds. The van der Waals surface area contributed by atoms with Crippen molar-refractivity contribution in [2.24, 2.45) is 5.92 Å². The molecule has 8 heteroatoms. The average Bonchev–Trinajstić information content (AvgIpc) is 2.85. The van der Waals surface area contributed by atoms with Gasteiger partial charge in [-0.2, -0.15) is 0 Å². The summed E-state index contributed by atoms with van der Waals surface area (Å²) in [6, 6.07) is 18.4. The number of hydrogen-bond acceptors (Lipinski definition) is 3. The van der Waals surface area contributed by atoms with Crippen molar-refractivity contribution in [1.82, 2.24) is 9.80 Å². The van der Waals surface area contributed by atoms with Gasteiger partial charge in [0.25, 0.3) is 5.91 Å². The first kappa shape index (κ1) is 24.0. The number of amides is 3. The molecular formula is C26H25Cl2N3O3. The van der Waals surface area contributed by atoms with Gasteiger partial charge in [-0.25, -0.2) is 0 Å². The maximum Gasteiger partial charge on any atom is 0.254 e. The monoisotopic (exact) mass is 497 g/mol. The molecule has 1 aliphatic heterocycles. The van der Waals surface area contributed by atoms with Crippen LogP contribution in [0.2, 0.25) is 10.0 Å². The number of nitrogens with one attached hydrogen (secondary N) is 1. The third-order valence-electron chi connectivity index (χ3n) is 6.06. The van der Waals surface area contributed by atoms with Gasteiger partial charge in [0.1, 0.15) is 0 Å². The Labute approximate surface area is 208 Å². The molecule has 0 aromatic heterocycles. The Kier molecular flexibility index (Phi) is 7.39. The SMILES string of the molecule is CN(CC(=O)Nc1c(Cl)cccc1Cl)C(=O)C1CCCN(C(=O)c2cccc3ccccc23)C1. The number of anilines is 1. The summed E-state index contributed by atoms with van der Waals surface area (Å²) >= 11 is 12.2. The molecule has 34 heavy (non-hydrogen) atoms. The molecule has 6 nitrogen and oxygen atoms in total. The van der Waals surface area contributed by atoms with Crippen molar-refractivity contribution in [3.63, 3.8) is 0 Å². The largest absolute Gasteiger partial charge is 0.338 e. The van der Waals surface area contributed by atoms with E-state index < -0.39 is 5.91 Å².